The minimum Gasteiger partial charge on any atom is -0.490 e. The monoisotopic (exact) mass is 345 g/mol. The molecule has 1 saturated heterocycles. The fourth-order valence-corrected chi connectivity index (χ4v) is 4.54. The average Bonchev–Trinajstić information content (AvgIpc) is 3.19. The zero-order chi connectivity index (χ0) is 16.4. The number of nitrogens with zero attached hydrogens (tertiary/aromatic N) is 1. The van der Waals surface area contributed by atoms with Crippen LogP contribution in [-0.2, 0) is 0 Å². The second-order valence-electron chi connectivity index (χ2n) is 6.92. The molecule has 1 unspecified atom stereocenters. The van der Waals surface area contributed by atoms with Crippen LogP contribution in [0.4, 0.5) is 0 Å². The van der Waals surface area contributed by atoms with E-state index < -0.39 is 0 Å². The molecule has 2 N–H and O–H groups in total. The van der Waals surface area contributed by atoms with Crippen LogP contribution in [0.2, 0.25) is 0 Å². The number of fused-ring (bicyclic) bond motifs is 1. The largest absolute Gasteiger partial charge is 0.490 e. The molecule has 24 heavy (non-hydrogen) atoms. The van der Waals surface area contributed by atoms with Crippen LogP contribution < -0.4 is 14.8 Å². The van der Waals surface area contributed by atoms with Crippen molar-refractivity contribution in [3.8, 4) is 5.75 Å². The van der Waals surface area contributed by atoms with E-state index in [9.17, 15) is 0 Å². The Morgan fingerprint density at radius 1 is 1.17 bits per heavy atom. The molecule has 1 atom stereocenters. The number of hydrogen-bond acceptors (Lipinski definition) is 5. The molecule has 3 aliphatic rings. The predicted octanol–water partition coefficient (Wildman–Crippen LogP) is 3.95. The third kappa shape index (κ3) is 3.38. The highest BCUT2D eigenvalue weighted by Gasteiger charge is 2.30. The molecular weight excluding hydrogens is 318 g/mol. The quantitative estimate of drug-likeness (QED) is 0.790. The molecule has 2 aliphatic heterocycles. The summed E-state index contributed by atoms with van der Waals surface area (Å²) in [6, 6.07) is 6.55. The van der Waals surface area contributed by atoms with Gasteiger partial charge in [0, 0.05) is 23.2 Å². The standard InChI is InChI=1S/C19H27N3OS/c1-20-24-15-9-10-18(23-14-6-3-2-4-7-14)16(12-15)17-13-22-11-5-8-19(22)21-17/h9-10,12-14,19-21H,2-8,11H2,1H3. The van der Waals surface area contributed by atoms with Gasteiger partial charge in [0.15, 0.2) is 0 Å². The van der Waals surface area contributed by atoms with Crippen molar-refractivity contribution in [2.45, 2.75) is 62.1 Å². The molecule has 1 aromatic carbocycles. The van der Waals surface area contributed by atoms with Gasteiger partial charge in [0.05, 0.1) is 18.0 Å². The summed E-state index contributed by atoms with van der Waals surface area (Å²) < 4.78 is 9.59. The Hall–Kier alpha value is -1.33. The van der Waals surface area contributed by atoms with Crippen molar-refractivity contribution in [2.24, 2.45) is 0 Å². The summed E-state index contributed by atoms with van der Waals surface area (Å²) in [5, 5.41) is 3.69. The average molecular weight is 346 g/mol. The van der Waals surface area contributed by atoms with E-state index in [1.807, 2.05) is 7.05 Å². The summed E-state index contributed by atoms with van der Waals surface area (Å²) in [6.45, 7) is 1.16. The Labute approximate surface area is 149 Å². The molecule has 0 aromatic heterocycles. The molecule has 1 aliphatic carbocycles. The second kappa shape index (κ2) is 7.28. The summed E-state index contributed by atoms with van der Waals surface area (Å²) in [6.07, 6.45) is 12.0. The van der Waals surface area contributed by atoms with Crippen LogP contribution in [0.3, 0.4) is 0 Å². The van der Waals surface area contributed by atoms with Gasteiger partial charge < -0.3 is 15.0 Å². The Bertz CT molecular complexity index is 613. The molecule has 4 rings (SSSR count). The van der Waals surface area contributed by atoms with Crippen molar-refractivity contribution in [3.63, 3.8) is 0 Å². The maximum Gasteiger partial charge on any atom is 0.129 e. The van der Waals surface area contributed by atoms with Crippen molar-refractivity contribution in [3.05, 3.63) is 30.0 Å². The van der Waals surface area contributed by atoms with Gasteiger partial charge in [-0.25, -0.2) is 0 Å². The molecule has 0 spiro atoms. The maximum absolute atomic E-state index is 6.43. The van der Waals surface area contributed by atoms with Crippen LogP contribution in [0, 0.1) is 0 Å². The van der Waals surface area contributed by atoms with Crippen LogP contribution in [0.15, 0.2) is 29.3 Å². The first-order valence-electron chi connectivity index (χ1n) is 9.22. The summed E-state index contributed by atoms with van der Waals surface area (Å²) in [5.41, 5.74) is 2.42. The molecule has 4 nitrogen and oxygen atoms in total. The van der Waals surface area contributed by atoms with E-state index in [1.54, 1.807) is 11.9 Å². The highest BCUT2D eigenvalue weighted by molar-refractivity contribution is 7.97. The zero-order valence-electron chi connectivity index (χ0n) is 14.4. The highest BCUT2D eigenvalue weighted by atomic mass is 32.2. The number of benzene rings is 1. The zero-order valence-corrected chi connectivity index (χ0v) is 15.2. The van der Waals surface area contributed by atoms with Crippen LogP contribution in [0.1, 0.15) is 50.5 Å². The number of ether oxygens (including phenoxy) is 1. The molecule has 2 heterocycles. The van der Waals surface area contributed by atoms with Gasteiger partial charge in [0.1, 0.15) is 5.75 Å². The van der Waals surface area contributed by atoms with Crippen molar-refractivity contribution in [1.82, 2.24) is 14.9 Å². The van der Waals surface area contributed by atoms with E-state index >= 15 is 0 Å². The van der Waals surface area contributed by atoms with Crippen molar-refractivity contribution in [1.29, 1.82) is 0 Å². The van der Waals surface area contributed by atoms with E-state index in [2.05, 4.69) is 39.3 Å². The molecule has 0 radical (unpaired) electrons. The van der Waals surface area contributed by atoms with Gasteiger partial charge in [-0.15, -0.1) is 0 Å². The Kier molecular flexibility index (Phi) is 4.90. The fraction of sp³-hybridized carbons (Fsp3) is 0.579. The Morgan fingerprint density at radius 2 is 2.04 bits per heavy atom. The second-order valence-corrected chi connectivity index (χ2v) is 8.01. The highest BCUT2D eigenvalue weighted by Crippen LogP contribution is 2.36. The lowest BCUT2D eigenvalue weighted by atomic mass is 9.97. The summed E-state index contributed by atoms with van der Waals surface area (Å²) >= 11 is 1.65. The number of hydrogen-bond donors (Lipinski definition) is 2. The molecule has 5 heteroatoms. The fourth-order valence-electron chi connectivity index (χ4n) is 3.99. The van der Waals surface area contributed by atoms with Crippen LogP contribution in [0.25, 0.3) is 5.70 Å². The van der Waals surface area contributed by atoms with Crippen LogP contribution in [-0.4, -0.2) is 30.8 Å². The number of rotatable bonds is 5. The van der Waals surface area contributed by atoms with Gasteiger partial charge in [0.2, 0.25) is 0 Å². The van der Waals surface area contributed by atoms with Gasteiger partial charge >= 0.3 is 0 Å². The molecule has 2 fully saturated rings. The van der Waals surface area contributed by atoms with Crippen LogP contribution in [0.5, 0.6) is 5.75 Å². The SMILES string of the molecule is CNSc1ccc(OC2CCCCC2)c(C2=CN3CCCC3N2)c1. The first-order chi connectivity index (χ1) is 11.8. The van der Waals surface area contributed by atoms with Gasteiger partial charge in [-0.2, -0.15) is 0 Å². The summed E-state index contributed by atoms with van der Waals surface area (Å²) in [4.78, 5) is 3.65. The smallest absolute Gasteiger partial charge is 0.129 e. The van der Waals surface area contributed by atoms with Crippen molar-refractivity contribution in [2.75, 3.05) is 13.6 Å². The summed E-state index contributed by atoms with van der Waals surface area (Å²) in [7, 11) is 1.96. The molecule has 0 bridgehead atoms. The minimum absolute atomic E-state index is 0.377. The lowest BCUT2D eigenvalue weighted by Crippen LogP contribution is -2.29. The van der Waals surface area contributed by atoms with E-state index in [4.69, 9.17) is 4.74 Å². The Morgan fingerprint density at radius 3 is 2.83 bits per heavy atom. The predicted molar refractivity (Wildman–Crippen MR) is 99.7 cm³/mol. The molecule has 1 aromatic rings. The van der Waals surface area contributed by atoms with Gasteiger partial charge in [-0.05, 0) is 75.7 Å². The van der Waals surface area contributed by atoms with Gasteiger partial charge in [-0.3, -0.25) is 4.72 Å². The van der Waals surface area contributed by atoms with Crippen LogP contribution >= 0.6 is 11.9 Å². The van der Waals surface area contributed by atoms with Gasteiger partial charge in [0.25, 0.3) is 0 Å². The molecule has 0 amide bonds. The third-order valence-electron chi connectivity index (χ3n) is 5.22. The maximum atomic E-state index is 6.43. The molecule has 1 saturated carbocycles. The van der Waals surface area contributed by atoms with E-state index in [0.29, 0.717) is 12.3 Å². The summed E-state index contributed by atoms with van der Waals surface area (Å²) in [5.74, 6) is 1.03. The first-order valence-corrected chi connectivity index (χ1v) is 10.0. The van der Waals surface area contributed by atoms with Gasteiger partial charge in [-0.1, -0.05) is 6.42 Å². The van der Waals surface area contributed by atoms with E-state index in [-0.39, 0.29) is 0 Å². The first kappa shape index (κ1) is 16.2. The normalized spacial score (nSPS) is 23.8. The molecule has 130 valence electrons. The van der Waals surface area contributed by atoms with E-state index in [1.165, 1.54) is 61.1 Å². The van der Waals surface area contributed by atoms with Crippen molar-refractivity contribution >= 4 is 17.6 Å². The van der Waals surface area contributed by atoms with Crippen molar-refractivity contribution < 1.29 is 4.74 Å². The number of nitrogens with one attached hydrogen (secondary N) is 2. The lowest BCUT2D eigenvalue weighted by molar-refractivity contribution is 0.154. The Balaban J connectivity index is 1.60. The minimum atomic E-state index is 0.377. The molecular formula is C19H27N3OS. The van der Waals surface area contributed by atoms with E-state index in [0.717, 1.165) is 12.3 Å². The topological polar surface area (TPSA) is 36.5 Å². The lowest BCUT2D eigenvalue weighted by Gasteiger charge is -2.25. The third-order valence-corrected chi connectivity index (χ3v) is 5.91.